The molecule has 0 aliphatic rings. The summed E-state index contributed by atoms with van der Waals surface area (Å²) in [4.78, 5) is 24.5. The lowest BCUT2D eigenvalue weighted by Crippen LogP contribution is -2.33. The molecule has 8 nitrogen and oxygen atoms in total. The zero-order valence-electron chi connectivity index (χ0n) is 15.9. The fraction of sp³-hybridized carbons (Fsp3) is 0.263. The summed E-state index contributed by atoms with van der Waals surface area (Å²) >= 11 is 0. The van der Waals surface area contributed by atoms with E-state index in [0.717, 1.165) is 0 Å². The number of benzene rings is 2. The van der Waals surface area contributed by atoms with Gasteiger partial charge < -0.3 is 15.4 Å². The minimum absolute atomic E-state index is 0.0717. The van der Waals surface area contributed by atoms with Crippen molar-refractivity contribution in [2.75, 3.05) is 25.5 Å². The number of aryl methyl sites for hydroxylation is 1. The topological polar surface area (TPSA) is 114 Å². The predicted octanol–water partition coefficient (Wildman–Crippen LogP) is 1.67. The first-order valence-electron chi connectivity index (χ1n) is 8.62. The lowest BCUT2D eigenvalue weighted by Gasteiger charge is -2.12. The highest BCUT2D eigenvalue weighted by molar-refractivity contribution is 7.89. The Bertz CT molecular complexity index is 973. The zero-order chi connectivity index (χ0) is 20.7. The molecule has 0 spiro atoms. The molecule has 3 N–H and O–H groups in total. The Morgan fingerprint density at radius 3 is 2.50 bits per heavy atom. The molecule has 2 amide bonds. The number of amides is 2. The quantitative estimate of drug-likeness (QED) is 0.618. The van der Waals surface area contributed by atoms with Crippen LogP contribution in [0.25, 0.3) is 0 Å². The highest BCUT2D eigenvalue weighted by Crippen LogP contribution is 2.20. The number of nitrogens with one attached hydrogen (secondary N) is 3. The Morgan fingerprint density at radius 1 is 1.11 bits per heavy atom. The average Bonchev–Trinajstić information content (AvgIpc) is 2.68. The molecule has 9 heteroatoms. The van der Waals surface area contributed by atoms with Crippen LogP contribution in [-0.2, 0) is 14.8 Å². The minimum atomic E-state index is -3.64. The number of carbonyl (C=O) groups excluding carboxylic acids is 2. The first kappa shape index (κ1) is 21.4. The van der Waals surface area contributed by atoms with Crippen LogP contribution in [0.4, 0.5) is 5.69 Å². The summed E-state index contributed by atoms with van der Waals surface area (Å²) in [7, 11) is -2.33. The molecule has 0 heterocycles. The number of rotatable bonds is 8. The van der Waals surface area contributed by atoms with Crippen molar-refractivity contribution in [3.8, 4) is 5.75 Å². The minimum Gasteiger partial charge on any atom is -0.493 e. The molecule has 0 aliphatic carbocycles. The van der Waals surface area contributed by atoms with Gasteiger partial charge in [0.25, 0.3) is 5.91 Å². The van der Waals surface area contributed by atoms with Crippen LogP contribution >= 0.6 is 0 Å². The summed E-state index contributed by atoms with van der Waals surface area (Å²) in [6, 6.07) is 11.3. The predicted molar refractivity (Wildman–Crippen MR) is 106 cm³/mol. The Morgan fingerprint density at radius 2 is 1.82 bits per heavy atom. The molecule has 28 heavy (non-hydrogen) atoms. The lowest BCUT2D eigenvalue weighted by molar-refractivity contribution is -0.115. The van der Waals surface area contributed by atoms with Gasteiger partial charge in [-0.1, -0.05) is 18.2 Å². The van der Waals surface area contributed by atoms with Gasteiger partial charge in [-0.25, -0.2) is 13.1 Å². The summed E-state index contributed by atoms with van der Waals surface area (Å²) in [5, 5.41) is 5.10. The molecule has 0 saturated heterocycles. The van der Waals surface area contributed by atoms with E-state index >= 15 is 0 Å². The van der Waals surface area contributed by atoms with E-state index in [1.807, 2.05) is 6.92 Å². The number of hydrogen-bond acceptors (Lipinski definition) is 5. The molecule has 150 valence electrons. The highest BCUT2D eigenvalue weighted by Gasteiger charge is 2.16. The molecule has 0 saturated carbocycles. The standard InChI is InChI=1S/C19H23N3O5S/c1-4-27-16-8-6-5-7-15(16)19(24)21-12-18(23)22-14-10-9-13(2)17(11-14)28(25,26)20-3/h5-11,20H,4,12H2,1-3H3,(H,21,24)(H,22,23). The van der Waals surface area contributed by atoms with Crippen molar-refractivity contribution in [2.24, 2.45) is 0 Å². The molecular weight excluding hydrogens is 382 g/mol. The van der Waals surface area contributed by atoms with Crippen LogP contribution in [0.3, 0.4) is 0 Å². The van der Waals surface area contributed by atoms with E-state index < -0.39 is 21.8 Å². The maximum atomic E-state index is 12.3. The second-order valence-electron chi connectivity index (χ2n) is 5.85. The Kier molecular flexibility index (Phi) is 7.13. The van der Waals surface area contributed by atoms with Gasteiger partial charge in [-0.2, -0.15) is 0 Å². The van der Waals surface area contributed by atoms with Gasteiger partial charge in [0, 0.05) is 5.69 Å². The van der Waals surface area contributed by atoms with Crippen molar-refractivity contribution in [3.05, 3.63) is 53.6 Å². The van der Waals surface area contributed by atoms with E-state index in [1.165, 1.54) is 13.1 Å². The molecule has 0 aromatic heterocycles. The van der Waals surface area contributed by atoms with Gasteiger partial charge in [-0.05, 0) is 50.7 Å². The van der Waals surface area contributed by atoms with Crippen LogP contribution in [0, 0.1) is 6.92 Å². The largest absolute Gasteiger partial charge is 0.493 e. The Balaban J connectivity index is 2.04. The first-order valence-corrected chi connectivity index (χ1v) is 10.1. The molecule has 0 aliphatic heterocycles. The molecule has 2 aromatic carbocycles. The van der Waals surface area contributed by atoms with Crippen molar-refractivity contribution in [1.29, 1.82) is 0 Å². The van der Waals surface area contributed by atoms with Crippen molar-refractivity contribution >= 4 is 27.5 Å². The molecule has 0 atom stereocenters. The summed E-state index contributed by atoms with van der Waals surface area (Å²) in [6.45, 7) is 3.61. The van der Waals surface area contributed by atoms with Crippen LogP contribution in [0.1, 0.15) is 22.8 Å². The van der Waals surface area contributed by atoms with E-state index in [9.17, 15) is 18.0 Å². The van der Waals surface area contributed by atoms with Gasteiger partial charge in [0.15, 0.2) is 0 Å². The summed E-state index contributed by atoms with van der Waals surface area (Å²) in [5.74, 6) is -0.496. The highest BCUT2D eigenvalue weighted by atomic mass is 32.2. The molecular formula is C19H23N3O5S. The smallest absolute Gasteiger partial charge is 0.255 e. The Hall–Kier alpha value is -2.91. The van der Waals surface area contributed by atoms with Gasteiger partial charge in [0.05, 0.1) is 23.6 Å². The summed E-state index contributed by atoms with van der Waals surface area (Å²) in [5.41, 5.74) is 1.19. The van der Waals surface area contributed by atoms with E-state index in [4.69, 9.17) is 4.74 Å². The maximum absolute atomic E-state index is 12.3. The van der Waals surface area contributed by atoms with E-state index in [-0.39, 0.29) is 11.4 Å². The molecule has 0 bridgehead atoms. The zero-order valence-corrected chi connectivity index (χ0v) is 16.7. The van der Waals surface area contributed by atoms with Crippen LogP contribution in [0.5, 0.6) is 5.75 Å². The Labute approximate surface area is 164 Å². The number of sulfonamides is 1. The molecule has 0 radical (unpaired) electrons. The second-order valence-corrected chi connectivity index (χ2v) is 7.70. The number of ether oxygens (including phenoxy) is 1. The maximum Gasteiger partial charge on any atom is 0.255 e. The fourth-order valence-corrected chi connectivity index (χ4v) is 3.47. The normalized spacial score (nSPS) is 11.0. The van der Waals surface area contributed by atoms with Crippen LogP contribution in [-0.4, -0.2) is 40.4 Å². The summed E-state index contributed by atoms with van der Waals surface area (Å²) < 4.78 is 31.7. The lowest BCUT2D eigenvalue weighted by atomic mass is 10.2. The van der Waals surface area contributed by atoms with E-state index in [1.54, 1.807) is 43.3 Å². The van der Waals surface area contributed by atoms with Crippen LogP contribution < -0.4 is 20.1 Å². The van der Waals surface area contributed by atoms with Crippen molar-refractivity contribution < 1.29 is 22.7 Å². The first-order chi connectivity index (χ1) is 13.3. The van der Waals surface area contributed by atoms with Crippen LogP contribution in [0.2, 0.25) is 0 Å². The number of anilines is 1. The number of para-hydroxylation sites is 1. The fourth-order valence-electron chi connectivity index (χ4n) is 2.47. The van der Waals surface area contributed by atoms with Gasteiger partial charge in [0.2, 0.25) is 15.9 Å². The number of hydrogen-bond donors (Lipinski definition) is 3. The molecule has 0 fully saturated rings. The van der Waals surface area contributed by atoms with E-state index in [2.05, 4.69) is 15.4 Å². The average molecular weight is 405 g/mol. The van der Waals surface area contributed by atoms with Crippen LogP contribution in [0.15, 0.2) is 47.4 Å². The molecule has 2 rings (SSSR count). The summed E-state index contributed by atoms with van der Waals surface area (Å²) in [6.07, 6.45) is 0. The van der Waals surface area contributed by atoms with Crippen molar-refractivity contribution in [3.63, 3.8) is 0 Å². The SMILES string of the molecule is CCOc1ccccc1C(=O)NCC(=O)Nc1ccc(C)c(S(=O)(=O)NC)c1. The van der Waals surface area contributed by atoms with Crippen molar-refractivity contribution in [1.82, 2.24) is 10.0 Å². The van der Waals surface area contributed by atoms with E-state index in [0.29, 0.717) is 29.2 Å². The third-order valence-electron chi connectivity index (χ3n) is 3.87. The molecule has 0 unspecified atom stereocenters. The van der Waals surface area contributed by atoms with Gasteiger partial charge >= 0.3 is 0 Å². The third kappa shape index (κ3) is 5.30. The van der Waals surface area contributed by atoms with Gasteiger partial charge in [-0.15, -0.1) is 0 Å². The van der Waals surface area contributed by atoms with Gasteiger partial charge in [0.1, 0.15) is 5.75 Å². The number of carbonyl (C=O) groups is 2. The van der Waals surface area contributed by atoms with Gasteiger partial charge in [-0.3, -0.25) is 9.59 Å². The third-order valence-corrected chi connectivity index (χ3v) is 5.43. The van der Waals surface area contributed by atoms with Crippen molar-refractivity contribution in [2.45, 2.75) is 18.7 Å². The molecule has 2 aromatic rings. The monoisotopic (exact) mass is 405 g/mol. The second kappa shape index (κ2) is 9.34.